The molecule has 0 bridgehead atoms. The van der Waals surface area contributed by atoms with E-state index in [4.69, 9.17) is 34.8 Å². The average Bonchev–Trinajstić information content (AvgIpc) is 2.35. The van der Waals surface area contributed by atoms with Gasteiger partial charge >= 0.3 is 0 Å². The van der Waals surface area contributed by atoms with Gasteiger partial charge in [-0.3, -0.25) is 0 Å². The average molecular weight is 334 g/mol. The summed E-state index contributed by atoms with van der Waals surface area (Å²) in [5.74, 6) is -1.09. The van der Waals surface area contributed by atoms with E-state index < -0.39 is 9.71 Å². The van der Waals surface area contributed by atoms with E-state index >= 15 is 0 Å². The molecule has 0 aliphatic carbocycles. The zero-order valence-corrected chi connectivity index (χ0v) is 12.4. The van der Waals surface area contributed by atoms with Gasteiger partial charge in [0, 0.05) is 0 Å². The Balaban J connectivity index is 2.53. The molecule has 0 radical (unpaired) electrons. The third-order valence-electron chi connectivity index (χ3n) is 2.89. The topological polar surface area (TPSA) is 60.7 Å². The highest BCUT2D eigenvalue weighted by atomic mass is 35.6. The number of hydrogen-bond donors (Lipinski definition) is 3. The molecule has 2 aromatic rings. The van der Waals surface area contributed by atoms with Crippen LogP contribution >= 0.6 is 34.8 Å². The molecular formula is C14H11Cl3O3. The summed E-state index contributed by atoms with van der Waals surface area (Å²) in [6.45, 7) is 0. The lowest BCUT2D eigenvalue weighted by Gasteiger charge is -2.25. The predicted molar refractivity (Wildman–Crippen MR) is 80.0 cm³/mol. The van der Waals surface area contributed by atoms with Crippen molar-refractivity contribution in [3.05, 3.63) is 53.6 Å². The van der Waals surface area contributed by atoms with Crippen LogP contribution < -0.4 is 0 Å². The number of aromatic hydroxyl groups is 3. The molecule has 0 fully saturated rings. The molecule has 1 atom stereocenters. The Morgan fingerprint density at radius 1 is 0.750 bits per heavy atom. The van der Waals surface area contributed by atoms with Crippen LogP contribution in [0.2, 0.25) is 0 Å². The lowest BCUT2D eigenvalue weighted by atomic mass is 9.92. The fourth-order valence-corrected chi connectivity index (χ4v) is 2.71. The molecule has 20 heavy (non-hydrogen) atoms. The molecule has 0 spiro atoms. The van der Waals surface area contributed by atoms with E-state index in [1.165, 1.54) is 24.3 Å². The smallest absolute Gasteiger partial charge is 0.201 e. The van der Waals surface area contributed by atoms with Crippen molar-refractivity contribution in [2.45, 2.75) is 9.71 Å². The van der Waals surface area contributed by atoms with Crippen LogP contribution in [0.15, 0.2) is 42.5 Å². The fourth-order valence-electron chi connectivity index (χ4n) is 1.96. The number of rotatable bonds is 2. The van der Waals surface area contributed by atoms with Crippen molar-refractivity contribution in [1.29, 1.82) is 0 Å². The number of halogens is 3. The largest absolute Gasteiger partial charge is 0.508 e. The first-order chi connectivity index (χ1) is 9.29. The molecule has 3 nitrogen and oxygen atoms in total. The zero-order valence-electron chi connectivity index (χ0n) is 10.1. The van der Waals surface area contributed by atoms with Crippen LogP contribution in [0.3, 0.4) is 0 Å². The van der Waals surface area contributed by atoms with Gasteiger partial charge < -0.3 is 15.3 Å². The Morgan fingerprint density at radius 2 is 1.30 bits per heavy atom. The Kier molecular flexibility index (Phi) is 4.23. The first kappa shape index (κ1) is 15.1. The number of phenols is 3. The molecular weight excluding hydrogens is 323 g/mol. The fraction of sp³-hybridized carbons (Fsp3) is 0.143. The van der Waals surface area contributed by atoms with Gasteiger partial charge in [-0.25, -0.2) is 0 Å². The molecule has 0 saturated carbocycles. The van der Waals surface area contributed by atoms with Crippen molar-refractivity contribution >= 4 is 34.8 Å². The summed E-state index contributed by atoms with van der Waals surface area (Å²) in [5.41, 5.74) is 1.19. The van der Waals surface area contributed by atoms with Crippen LogP contribution in [0.1, 0.15) is 17.0 Å². The highest BCUT2D eigenvalue weighted by Gasteiger charge is 2.35. The Morgan fingerprint density at radius 3 is 1.80 bits per heavy atom. The van der Waals surface area contributed by atoms with Crippen LogP contribution in [-0.2, 0) is 0 Å². The molecule has 0 heterocycles. The second kappa shape index (κ2) is 5.60. The summed E-state index contributed by atoms with van der Waals surface area (Å²) in [6, 6.07) is 10.5. The molecule has 0 saturated heterocycles. The SMILES string of the molecule is Oc1ccc([C@H](c2ccc(O)c(O)c2)C(Cl)(Cl)Cl)cc1. The Hall–Kier alpha value is -1.29. The predicted octanol–water partition coefficient (Wildman–Crippen LogP) is 4.31. The molecule has 0 aromatic heterocycles. The summed E-state index contributed by atoms with van der Waals surface area (Å²) in [6.07, 6.45) is 0. The normalized spacial score (nSPS) is 13.2. The van der Waals surface area contributed by atoms with E-state index in [0.29, 0.717) is 11.1 Å². The van der Waals surface area contributed by atoms with Crippen molar-refractivity contribution in [3.63, 3.8) is 0 Å². The molecule has 3 N–H and O–H groups in total. The Labute approximate surface area is 131 Å². The number of phenolic OH excluding ortho intramolecular Hbond substituents is 3. The lowest BCUT2D eigenvalue weighted by Crippen LogP contribution is -2.18. The van der Waals surface area contributed by atoms with Crippen LogP contribution in [0.4, 0.5) is 0 Å². The summed E-state index contributed by atoms with van der Waals surface area (Å²) in [5, 5.41) is 28.3. The quantitative estimate of drug-likeness (QED) is 0.567. The maximum atomic E-state index is 9.59. The molecule has 106 valence electrons. The molecule has 0 unspecified atom stereocenters. The van der Waals surface area contributed by atoms with Crippen molar-refractivity contribution < 1.29 is 15.3 Å². The summed E-state index contributed by atoms with van der Waals surface area (Å²) in [4.78, 5) is 0. The van der Waals surface area contributed by atoms with Crippen LogP contribution in [0.25, 0.3) is 0 Å². The van der Waals surface area contributed by atoms with Gasteiger partial charge in [0.2, 0.25) is 3.79 Å². The number of benzene rings is 2. The molecule has 0 aliphatic heterocycles. The van der Waals surface area contributed by atoms with Crippen molar-refractivity contribution in [3.8, 4) is 17.2 Å². The van der Waals surface area contributed by atoms with Crippen LogP contribution in [0.5, 0.6) is 17.2 Å². The Bertz CT molecular complexity index is 606. The first-order valence-electron chi connectivity index (χ1n) is 5.66. The minimum absolute atomic E-state index is 0.102. The van der Waals surface area contributed by atoms with Gasteiger partial charge in [-0.1, -0.05) is 53.0 Å². The highest BCUT2D eigenvalue weighted by Crippen LogP contribution is 2.47. The first-order valence-corrected chi connectivity index (χ1v) is 6.80. The van der Waals surface area contributed by atoms with E-state index in [1.807, 2.05) is 0 Å². The van der Waals surface area contributed by atoms with E-state index in [0.717, 1.165) is 0 Å². The molecule has 0 amide bonds. The molecule has 0 aliphatic rings. The maximum Gasteiger partial charge on any atom is 0.201 e. The minimum atomic E-state index is -1.65. The highest BCUT2D eigenvalue weighted by molar-refractivity contribution is 6.68. The van der Waals surface area contributed by atoms with Gasteiger partial charge in [0.25, 0.3) is 0 Å². The van der Waals surface area contributed by atoms with Crippen LogP contribution in [-0.4, -0.2) is 19.1 Å². The molecule has 2 aromatic carbocycles. The van der Waals surface area contributed by atoms with Gasteiger partial charge in [-0.05, 0) is 35.4 Å². The second-order valence-corrected chi connectivity index (χ2v) is 6.68. The number of hydrogen-bond acceptors (Lipinski definition) is 3. The van der Waals surface area contributed by atoms with Crippen LogP contribution in [0, 0.1) is 0 Å². The van der Waals surface area contributed by atoms with E-state index in [1.54, 1.807) is 18.2 Å². The molecule has 6 heteroatoms. The van der Waals surface area contributed by atoms with Crippen molar-refractivity contribution in [1.82, 2.24) is 0 Å². The van der Waals surface area contributed by atoms with Gasteiger partial charge in [-0.15, -0.1) is 0 Å². The third kappa shape index (κ3) is 3.23. The summed E-state index contributed by atoms with van der Waals surface area (Å²) < 4.78 is -1.65. The third-order valence-corrected chi connectivity index (χ3v) is 3.54. The van der Waals surface area contributed by atoms with E-state index in [9.17, 15) is 15.3 Å². The summed E-state index contributed by atoms with van der Waals surface area (Å²) >= 11 is 18.1. The van der Waals surface area contributed by atoms with Crippen molar-refractivity contribution in [2.75, 3.05) is 0 Å². The number of alkyl halides is 3. The lowest BCUT2D eigenvalue weighted by molar-refractivity contribution is 0.403. The second-order valence-electron chi connectivity index (χ2n) is 4.31. The van der Waals surface area contributed by atoms with Crippen molar-refractivity contribution in [2.24, 2.45) is 0 Å². The minimum Gasteiger partial charge on any atom is -0.508 e. The van der Waals surface area contributed by atoms with Gasteiger partial charge in [0.15, 0.2) is 11.5 Å². The molecule has 2 rings (SSSR count). The monoisotopic (exact) mass is 332 g/mol. The van der Waals surface area contributed by atoms with E-state index in [2.05, 4.69) is 0 Å². The maximum absolute atomic E-state index is 9.59. The van der Waals surface area contributed by atoms with Gasteiger partial charge in [0.1, 0.15) is 5.75 Å². The van der Waals surface area contributed by atoms with Gasteiger partial charge in [-0.2, -0.15) is 0 Å². The van der Waals surface area contributed by atoms with E-state index in [-0.39, 0.29) is 17.2 Å². The zero-order chi connectivity index (χ0) is 14.9. The standard InChI is InChI=1S/C14H11Cl3O3/c15-14(16,17)13(8-1-4-10(18)5-2-8)9-3-6-11(19)12(20)7-9/h1-7,13,18-20H/t13-/m1/s1. The van der Waals surface area contributed by atoms with Gasteiger partial charge in [0.05, 0.1) is 5.92 Å². The summed E-state index contributed by atoms with van der Waals surface area (Å²) in [7, 11) is 0.